The molecule has 0 radical (unpaired) electrons. The second-order valence-electron chi connectivity index (χ2n) is 7.63. The molecule has 1 amide bonds. The average molecular weight is 429 g/mol. The Labute approximate surface area is 182 Å². The van der Waals surface area contributed by atoms with Crippen molar-refractivity contribution in [2.45, 2.75) is 19.9 Å². The van der Waals surface area contributed by atoms with Crippen LogP contribution in [0.2, 0.25) is 0 Å². The Morgan fingerprint density at radius 1 is 1.23 bits per heavy atom. The van der Waals surface area contributed by atoms with Crippen LogP contribution in [0.25, 0.3) is 0 Å². The van der Waals surface area contributed by atoms with Gasteiger partial charge in [-0.1, -0.05) is 0 Å². The fraction of sp³-hybridized carbons (Fsp3) is 0.409. The normalized spacial score (nSPS) is 15.3. The molecule has 0 saturated carbocycles. The first-order chi connectivity index (χ1) is 14.9. The summed E-state index contributed by atoms with van der Waals surface area (Å²) in [5.41, 5.74) is 2.15. The van der Waals surface area contributed by atoms with Crippen LogP contribution < -0.4 is 25.2 Å². The summed E-state index contributed by atoms with van der Waals surface area (Å²) in [5.74, 6) is 0.0436. The predicted octanol–water partition coefficient (Wildman–Crippen LogP) is 1.77. The number of benzene rings is 2. The van der Waals surface area contributed by atoms with Crippen LogP contribution in [0, 0.1) is 10.1 Å². The molecular formula is C22H30N5O4+. The molecule has 1 fully saturated rings. The lowest BCUT2D eigenvalue weighted by Crippen LogP contribution is -3.14. The van der Waals surface area contributed by atoms with Gasteiger partial charge in [-0.25, -0.2) is 0 Å². The first-order valence-electron chi connectivity index (χ1n) is 10.5. The zero-order valence-electron chi connectivity index (χ0n) is 18.2. The summed E-state index contributed by atoms with van der Waals surface area (Å²) < 4.78 is 5.20. The lowest BCUT2D eigenvalue weighted by molar-refractivity contribution is -0.898. The maximum absolute atomic E-state index is 12.6. The number of nitrogens with one attached hydrogen (secondary N) is 3. The Morgan fingerprint density at radius 2 is 1.90 bits per heavy atom. The van der Waals surface area contributed by atoms with E-state index in [4.69, 9.17) is 4.74 Å². The van der Waals surface area contributed by atoms with Crippen molar-refractivity contribution >= 4 is 28.7 Å². The number of carbonyl (C=O) groups excluding carboxylic acids is 1. The van der Waals surface area contributed by atoms with Gasteiger partial charge in [0.1, 0.15) is 11.8 Å². The highest BCUT2D eigenvalue weighted by Crippen LogP contribution is 2.29. The molecule has 3 rings (SSSR count). The van der Waals surface area contributed by atoms with E-state index in [1.54, 1.807) is 11.8 Å². The number of rotatable bonds is 8. The predicted molar refractivity (Wildman–Crippen MR) is 121 cm³/mol. The van der Waals surface area contributed by atoms with E-state index in [1.165, 1.54) is 37.5 Å². The summed E-state index contributed by atoms with van der Waals surface area (Å²) in [6.45, 7) is 9.50. The van der Waals surface area contributed by atoms with Gasteiger partial charge in [0.15, 0.2) is 0 Å². The number of hydrogen-bond donors (Lipinski definition) is 3. The zero-order chi connectivity index (χ0) is 22.4. The summed E-state index contributed by atoms with van der Waals surface area (Å²) in [7, 11) is 1.45. The SMILES string of the molecule is CC[NH+]1CCN(c2ccc(N[C@H](C)C(=O)Nc3cc([N+](=O)[O-])ccc3OC)cc2)CC1. The number of carbonyl (C=O) groups is 1. The number of likely N-dealkylation sites (N-methyl/N-ethyl adjacent to an activating group) is 1. The van der Waals surface area contributed by atoms with Gasteiger partial charge in [-0.3, -0.25) is 14.9 Å². The van der Waals surface area contributed by atoms with Gasteiger partial charge >= 0.3 is 0 Å². The molecule has 1 atom stereocenters. The summed E-state index contributed by atoms with van der Waals surface area (Å²) in [6.07, 6.45) is 0. The minimum atomic E-state index is -0.550. The molecule has 166 valence electrons. The topological polar surface area (TPSA) is 101 Å². The minimum Gasteiger partial charge on any atom is -0.495 e. The number of methoxy groups -OCH3 is 1. The fourth-order valence-corrected chi connectivity index (χ4v) is 3.67. The molecule has 9 heteroatoms. The number of piperazine rings is 1. The second kappa shape index (κ2) is 10.1. The fourth-order valence-electron chi connectivity index (χ4n) is 3.67. The lowest BCUT2D eigenvalue weighted by Gasteiger charge is -2.33. The Kier molecular flexibility index (Phi) is 7.30. The van der Waals surface area contributed by atoms with Gasteiger partial charge in [0.25, 0.3) is 5.69 Å². The van der Waals surface area contributed by atoms with E-state index in [9.17, 15) is 14.9 Å². The van der Waals surface area contributed by atoms with Gasteiger partial charge < -0.3 is 25.2 Å². The Balaban J connectivity index is 1.60. The standard InChI is InChI=1S/C22H29N5O4/c1-4-25-11-13-26(14-12-25)18-7-5-17(6-8-18)23-16(2)22(28)24-20-15-19(27(29)30)9-10-21(20)31-3/h5-10,15-16,23H,4,11-14H2,1-3H3,(H,24,28)/p+1/t16-/m1/s1. The van der Waals surface area contributed by atoms with Gasteiger partial charge in [-0.2, -0.15) is 0 Å². The summed E-state index contributed by atoms with van der Waals surface area (Å²) >= 11 is 0. The van der Waals surface area contributed by atoms with E-state index in [2.05, 4.69) is 34.6 Å². The number of hydrogen-bond acceptors (Lipinski definition) is 6. The maximum Gasteiger partial charge on any atom is 0.271 e. The number of quaternary nitrogens is 1. The number of nitro groups is 1. The van der Waals surface area contributed by atoms with Crippen LogP contribution in [0.3, 0.4) is 0 Å². The van der Waals surface area contributed by atoms with Crippen molar-refractivity contribution in [1.82, 2.24) is 0 Å². The average Bonchev–Trinajstić information content (AvgIpc) is 2.79. The third-order valence-electron chi connectivity index (χ3n) is 5.63. The first-order valence-corrected chi connectivity index (χ1v) is 10.5. The Morgan fingerprint density at radius 3 is 2.48 bits per heavy atom. The zero-order valence-corrected chi connectivity index (χ0v) is 18.2. The van der Waals surface area contributed by atoms with Crippen molar-refractivity contribution in [3.05, 3.63) is 52.6 Å². The highest BCUT2D eigenvalue weighted by molar-refractivity contribution is 5.97. The summed E-state index contributed by atoms with van der Waals surface area (Å²) in [6, 6.07) is 11.6. The number of ether oxygens (including phenoxy) is 1. The number of nitro benzene ring substituents is 1. The van der Waals surface area contributed by atoms with Crippen molar-refractivity contribution in [2.24, 2.45) is 0 Å². The smallest absolute Gasteiger partial charge is 0.271 e. The van der Waals surface area contributed by atoms with Crippen LogP contribution in [0.1, 0.15) is 13.8 Å². The van der Waals surface area contributed by atoms with Crippen molar-refractivity contribution < 1.29 is 19.4 Å². The number of non-ortho nitro benzene ring substituents is 1. The summed E-state index contributed by atoms with van der Waals surface area (Å²) in [4.78, 5) is 27.2. The molecular weight excluding hydrogens is 398 g/mol. The van der Waals surface area contributed by atoms with Crippen molar-refractivity contribution in [1.29, 1.82) is 0 Å². The number of anilines is 3. The van der Waals surface area contributed by atoms with E-state index >= 15 is 0 Å². The van der Waals surface area contributed by atoms with Gasteiger partial charge in [0, 0.05) is 23.5 Å². The second-order valence-corrected chi connectivity index (χ2v) is 7.63. The van der Waals surface area contributed by atoms with E-state index in [-0.39, 0.29) is 17.3 Å². The van der Waals surface area contributed by atoms with Crippen LogP contribution in [0.5, 0.6) is 5.75 Å². The van der Waals surface area contributed by atoms with Gasteiger partial charge in [-0.15, -0.1) is 0 Å². The quantitative estimate of drug-likeness (QED) is 0.438. The molecule has 3 N–H and O–H groups in total. The molecule has 0 bridgehead atoms. The van der Waals surface area contributed by atoms with E-state index in [0.717, 1.165) is 31.9 Å². The first kappa shape index (κ1) is 22.4. The molecule has 2 aromatic carbocycles. The maximum atomic E-state index is 12.6. The van der Waals surface area contributed by atoms with Crippen LogP contribution >= 0.6 is 0 Å². The molecule has 0 aromatic heterocycles. The third-order valence-corrected chi connectivity index (χ3v) is 5.63. The van der Waals surface area contributed by atoms with Crippen LogP contribution in [0.15, 0.2) is 42.5 Å². The third kappa shape index (κ3) is 5.64. The molecule has 1 aliphatic heterocycles. The van der Waals surface area contributed by atoms with Crippen molar-refractivity contribution in [3.8, 4) is 5.75 Å². The van der Waals surface area contributed by atoms with Gasteiger partial charge in [-0.05, 0) is 44.2 Å². The minimum absolute atomic E-state index is 0.117. The van der Waals surface area contributed by atoms with E-state index < -0.39 is 11.0 Å². The van der Waals surface area contributed by atoms with Crippen LogP contribution in [-0.4, -0.2) is 56.7 Å². The molecule has 31 heavy (non-hydrogen) atoms. The molecule has 0 spiro atoms. The monoisotopic (exact) mass is 428 g/mol. The molecule has 2 aromatic rings. The number of amides is 1. The molecule has 1 aliphatic rings. The van der Waals surface area contributed by atoms with Crippen molar-refractivity contribution in [2.75, 3.05) is 55.4 Å². The van der Waals surface area contributed by atoms with Crippen LogP contribution in [-0.2, 0) is 4.79 Å². The van der Waals surface area contributed by atoms with Gasteiger partial charge in [0.05, 0.1) is 50.4 Å². The largest absolute Gasteiger partial charge is 0.495 e. The van der Waals surface area contributed by atoms with Crippen molar-refractivity contribution in [3.63, 3.8) is 0 Å². The Hall–Kier alpha value is -3.33. The van der Waals surface area contributed by atoms with Gasteiger partial charge in [0.2, 0.25) is 5.91 Å². The Bertz CT molecular complexity index is 911. The van der Waals surface area contributed by atoms with E-state index in [1.807, 2.05) is 12.1 Å². The molecule has 0 aliphatic carbocycles. The summed E-state index contributed by atoms with van der Waals surface area (Å²) in [5, 5.41) is 16.9. The van der Waals surface area contributed by atoms with E-state index in [0.29, 0.717) is 5.75 Å². The highest BCUT2D eigenvalue weighted by atomic mass is 16.6. The molecule has 1 saturated heterocycles. The molecule has 0 unspecified atom stereocenters. The lowest BCUT2D eigenvalue weighted by atomic mass is 10.2. The molecule has 1 heterocycles. The van der Waals surface area contributed by atoms with Crippen LogP contribution in [0.4, 0.5) is 22.7 Å². The highest BCUT2D eigenvalue weighted by Gasteiger charge is 2.20. The molecule has 9 nitrogen and oxygen atoms in total. The number of nitrogens with zero attached hydrogens (tertiary/aromatic N) is 2.